The molecular formula is C24H23ClN2O3S. The minimum absolute atomic E-state index is 0.0875. The molecule has 0 spiro atoms. The average molecular weight is 455 g/mol. The van der Waals surface area contributed by atoms with Gasteiger partial charge in [-0.1, -0.05) is 48.0 Å². The molecule has 1 aliphatic heterocycles. The average Bonchev–Trinajstić information content (AvgIpc) is 3.32. The van der Waals surface area contributed by atoms with Gasteiger partial charge in [-0.2, -0.15) is 0 Å². The van der Waals surface area contributed by atoms with Crippen molar-refractivity contribution in [2.75, 3.05) is 32.2 Å². The van der Waals surface area contributed by atoms with Crippen molar-refractivity contribution in [3.05, 3.63) is 87.1 Å². The zero-order valence-electron chi connectivity index (χ0n) is 17.3. The number of halogens is 1. The summed E-state index contributed by atoms with van der Waals surface area (Å²) in [4.78, 5) is 31.7. The maximum atomic E-state index is 13.9. The molecule has 3 aromatic rings. The SMILES string of the molecule is COCCN1C(=O)c2ccccc2[C@@H](C(=O)N(C)c2ccccc2Cl)[C@H]1c1cccs1. The number of hydrogen-bond acceptors (Lipinski definition) is 4. The molecule has 2 atom stereocenters. The van der Waals surface area contributed by atoms with Crippen molar-refractivity contribution in [1.29, 1.82) is 0 Å². The van der Waals surface area contributed by atoms with Crippen LogP contribution in [0.1, 0.15) is 32.8 Å². The lowest BCUT2D eigenvalue weighted by atomic mass is 9.81. The van der Waals surface area contributed by atoms with E-state index in [2.05, 4.69) is 0 Å². The van der Waals surface area contributed by atoms with E-state index in [-0.39, 0.29) is 11.8 Å². The second kappa shape index (κ2) is 9.22. The van der Waals surface area contributed by atoms with E-state index in [0.29, 0.717) is 29.4 Å². The Morgan fingerprint density at radius 3 is 2.58 bits per heavy atom. The fourth-order valence-corrected chi connectivity index (χ4v) is 5.26. The number of para-hydroxylation sites is 1. The van der Waals surface area contributed by atoms with Gasteiger partial charge in [0.15, 0.2) is 0 Å². The molecule has 2 heterocycles. The van der Waals surface area contributed by atoms with Crippen molar-refractivity contribution in [1.82, 2.24) is 4.90 Å². The molecule has 0 saturated carbocycles. The number of fused-ring (bicyclic) bond motifs is 1. The lowest BCUT2D eigenvalue weighted by Gasteiger charge is -2.42. The maximum Gasteiger partial charge on any atom is 0.254 e. The van der Waals surface area contributed by atoms with E-state index in [0.717, 1.165) is 10.4 Å². The molecule has 0 unspecified atom stereocenters. The van der Waals surface area contributed by atoms with Crippen LogP contribution in [0.25, 0.3) is 0 Å². The van der Waals surface area contributed by atoms with E-state index in [4.69, 9.17) is 16.3 Å². The molecule has 31 heavy (non-hydrogen) atoms. The highest BCUT2D eigenvalue weighted by atomic mass is 35.5. The molecule has 0 bridgehead atoms. The molecule has 4 rings (SSSR count). The standard InChI is InChI=1S/C24H23ClN2O3S/c1-26(19-11-6-5-10-18(19)25)24(29)21-16-8-3-4-9-17(16)23(28)27(13-14-30-2)22(21)20-12-7-15-31-20/h3-12,15,21-22H,13-14H2,1-2H3/t21-,22-/m1/s1. The van der Waals surface area contributed by atoms with Crippen molar-refractivity contribution in [3.63, 3.8) is 0 Å². The number of hydrogen-bond donors (Lipinski definition) is 0. The van der Waals surface area contributed by atoms with Crippen LogP contribution in [0.15, 0.2) is 66.0 Å². The Bertz CT molecular complexity index is 1090. The van der Waals surface area contributed by atoms with Gasteiger partial charge in [-0.15, -0.1) is 11.3 Å². The second-order valence-corrected chi connectivity index (χ2v) is 8.75. The van der Waals surface area contributed by atoms with Crippen LogP contribution in [0.2, 0.25) is 5.02 Å². The van der Waals surface area contributed by atoms with Gasteiger partial charge in [0, 0.05) is 31.1 Å². The molecule has 2 aromatic carbocycles. The quantitative estimate of drug-likeness (QED) is 0.527. The third kappa shape index (κ3) is 3.99. The number of likely N-dealkylation sites (N-methyl/N-ethyl adjacent to an activating group) is 1. The van der Waals surface area contributed by atoms with Crippen LogP contribution < -0.4 is 4.90 Å². The number of carbonyl (C=O) groups excluding carboxylic acids is 2. The Hall–Kier alpha value is -2.67. The lowest BCUT2D eigenvalue weighted by Crippen LogP contribution is -2.48. The summed E-state index contributed by atoms with van der Waals surface area (Å²) < 4.78 is 5.27. The fourth-order valence-electron chi connectivity index (χ4n) is 4.12. The van der Waals surface area contributed by atoms with Crippen molar-refractivity contribution in [2.24, 2.45) is 0 Å². The van der Waals surface area contributed by atoms with E-state index in [1.54, 1.807) is 47.4 Å². The molecule has 1 aliphatic rings. The van der Waals surface area contributed by atoms with Crippen LogP contribution in [0, 0.1) is 0 Å². The minimum Gasteiger partial charge on any atom is -0.383 e. The molecule has 1 aromatic heterocycles. The predicted octanol–water partition coefficient (Wildman–Crippen LogP) is 4.99. The molecule has 0 N–H and O–H groups in total. The number of rotatable bonds is 6. The van der Waals surface area contributed by atoms with Crippen LogP contribution in [-0.4, -0.2) is 44.0 Å². The van der Waals surface area contributed by atoms with Gasteiger partial charge < -0.3 is 14.5 Å². The number of benzene rings is 2. The Balaban J connectivity index is 1.85. The summed E-state index contributed by atoms with van der Waals surface area (Å²) in [7, 11) is 3.34. The summed E-state index contributed by atoms with van der Waals surface area (Å²) >= 11 is 7.93. The van der Waals surface area contributed by atoms with Crippen molar-refractivity contribution in [2.45, 2.75) is 12.0 Å². The molecular weight excluding hydrogens is 432 g/mol. The molecule has 7 heteroatoms. The van der Waals surface area contributed by atoms with Gasteiger partial charge in [0.05, 0.1) is 29.3 Å². The van der Waals surface area contributed by atoms with Crippen LogP contribution in [0.4, 0.5) is 5.69 Å². The molecule has 160 valence electrons. The van der Waals surface area contributed by atoms with E-state index < -0.39 is 12.0 Å². The highest BCUT2D eigenvalue weighted by Crippen LogP contribution is 2.45. The predicted molar refractivity (Wildman–Crippen MR) is 124 cm³/mol. The first kappa shape index (κ1) is 21.6. The third-order valence-electron chi connectivity index (χ3n) is 5.62. The van der Waals surface area contributed by atoms with Gasteiger partial charge in [-0.05, 0) is 35.2 Å². The van der Waals surface area contributed by atoms with Gasteiger partial charge in [0.25, 0.3) is 5.91 Å². The first-order valence-electron chi connectivity index (χ1n) is 9.99. The van der Waals surface area contributed by atoms with Crippen molar-refractivity contribution >= 4 is 40.4 Å². The largest absolute Gasteiger partial charge is 0.383 e. The summed E-state index contributed by atoms with van der Waals surface area (Å²) in [6, 6.07) is 18.1. The highest BCUT2D eigenvalue weighted by molar-refractivity contribution is 7.10. The number of methoxy groups -OCH3 is 1. The molecule has 5 nitrogen and oxygen atoms in total. The van der Waals surface area contributed by atoms with Gasteiger partial charge in [-0.25, -0.2) is 0 Å². The zero-order valence-corrected chi connectivity index (χ0v) is 18.9. The third-order valence-corrected chi connectivity index (χ3v) is 6.88. The Morgan fingerprint density at radius 1 is 1.13 bits per heavy atom. The van der Waals surface area contributed by atoms with Crippen LogP contribution >= 0.6 is 22.9 Å². The first-order valence-corrected chi connectivity index (χ1v) is 11.2. The fraction of sp³-hybridized carbons (Fsp3) is 0.250. The molecule has 0 saturated heterocycles. The number of thiophene rings is 1. The van der Waals surface area contributed by atoms with E-state index in [9.17, 15) is 9.59 Å². The number of amides is 2. The van der Waals surface area contributed by atoms with Crippen molar-refractivity contribution < 1.29 is 14.3 Å². The van der Waals surface area contributed by atoms with Crippen molar-refractivity contribution in [3.8, 4) is 0 Å². The second-order valence-electron chi connectivity index (χ2n) is 7.37. The molecule has 0 aliphatic carbocycles. The Kier molecular flexibility index (Phi) is 6.41. The maximum absolute atomic E-state index is 13.9. The van der Waals surface area contributed by atoms with Gasteiger partial charge in [0.2, 0.25) is 5.91 Å². The molecule has 0 radical (unpaired) electrons. The summed E-state index contributed by atoms with van der Waals surface area (Å²) in [5.74, 6) is -0.768. The number of carbonyl (C=O) groups is 2. The Labute approximate surface area is 190 Å². The van der Waals surface area contributed by atoms with Crippen LogP contribution in [0.3, 0.4) is 0 Å². The Morgan fingerprint density at radius 2 is 1.87 bits per heavy atom. The smallest absolute Gasteiger partial charge is 0.254 e. The summed E-state index contributed by atoms with van der Waals surface area (Å²) in [6.45, 7) is 0.781. The zero-order chi connectivity index (χ0) is 22.0. The summed E-state index contributed by atoms with van der Waals surface area (Å²) in [6.07, 6.45) is 0. The lowest BCUT2D eigenvalue weighted by molar-refractivity contribution is -0.121. The first-order chi connectivity index (χ1) is 15.0. The van der Waals surface area contributed by atoms with Gasteiger partial charge >= 0.3 is 0 Å². The number of nitrogens with zero attached hydrogens (tertiary/aromatic N) is 2. The normalized spacial score (nSPS) is 18.0. The monoisotopic (exact) mass is 454 g/mol. The topological polar surface area (TPSA) is 49.9 Å². The van der Waals surface area contributed by atoms with E-state index in [1.807, 2.05) is 53.9 Å². The van der Waals surface area contributed by atoms with E-state index >= 15 is 0 Å². The van der Waals surface area contributed by atoms with E-state index in [1.165, 1.54) is 0 Å². The summed E-state index contributed by atoms with van der Waals surface area (Å²) in [5, 5.41) is 2.47. The number of anilines is 1. The van der Waals surface area contributed by atoms with Gasteiger partial charge in [-0.3, -0.25) is 9.59 Å². The minimum atomic E-state index is -0.564. The molecule has 2 amide bonds. The van der Waals surface area contributed by atoms with Crippen LogP contribution in [-0.2, 0) is 9.53 Å². The number of ether oxygens (including phenoxy) is 1. The van der Waals surface area contributed by atoms with Crippen LogP contribution in [0.5, 0.6) is 0 Å². The van der Waals surface area contributed by atoms with Gasteiger partial charge in [0.1, 0.15) is 0 Å². The highest BCUT2D eigenvalue weighted by Gasteiger charge is 2.45. The summed E-state index contributed by atoms with van der Waals surface area (Å²) in [5.41, 5.74) is 1.93. The molecule has 0 fully saturated rings.